The van der Waals surface area contributed by atoms with Crippen LogP contribution in [0, 0.1) is 0 Å². The first kappa shape index (κ1) is 13.3. The van der Waals surface area contributed by atoms with Gasteiger partial charge in [0.1, 0.15) is 10.7 Å². The van der Waals surface area contributed by atoms with Gasteiger partial charge in [0, 0.05) is 11.3 Å². The van der Waals surface area contributed by atoms with Crippen LogP contribution >= 0.6 is 35.2 Å². The Morgan fingerprint density at radius 2 is 2.17 bits per heavy atom. The van der Waals surface area contributed by atoms with Crippen molar-refractivity contribution >= 4 is 40.1 Å². The van der Waals surface area contributed by atoms with Crippen molar-refractivity contribution in [1.29, 1.82) is 0 Å². The molecule has 18 heavy (non-hydrogen) atoms. The van der Waals surface area contributed by atoms with Crippen molar-refractivity contribution in [3.05, 3.63) is 51.2 Å². The van der Waals surface area contributed by atoms with Crippen LogP contribution in [0.25, 0.3) is 0 Å². The minimum atomic E-state index is 0.256. The zero-order chi connectivity index (χ0) is 13.0. The van der Waals surface area contributed by atoms with Crippen molar-refractivity contribution in [2.75, 3.05) is 6.61 Å². The molecule has 5 heteroatoms. The minimum Gasteiger partial charge on any atom is -0.492 e. The molecule has 0 unspecified atom stereocenters. The van der Waals surface area contributed by atoms with E-state index in [1.807, 2.05) is 18.2 Å². The van der Waals surface area contributed by atoms with Gasteiger partial charge < -0.3 is 10.5 Å². The Kier molecular flexibility index (Phi) is 4.58. The van der Waals surface area contributed by atoms with E-state index in [0.29, 0.717) is 22.9 Å². The van der Waals surface area contributed by atoms with Crippen LogP contribution < -0.4 is 10.5 Å². The quantitative estimate of drug-likeness (QED) is 0.856. The van der Waals surface area contributed by atoms with Crippen molar-refractivity contribution in [3.8, 4) is 5.75 Å². The van der Waals surface area contributed by atoms with Crippen molar-refractivity contribution in [2.24, 2.45) is 5.73 Å². The normalized spacial score (nSPS) is 10.3. The Hall–Kier alpha value is -1.10. The second-order valence-electron chi connectivity index (χ2n) is 3.66. The molecule has 2 nitrogen and oxygen atoms in total. The standard InChI is InChI=1S/C13H12ClNOS2/c14-10-4-1-5-11(12(10)13(15)17)16-7-6-9-3-2-8-18-9/h1-5,8H,6-7H2,(H2,15,17). The lowest BCUT2D eigenvalue weighted by molar-refractivity contribution is 0.322. The molecule has 0 spiro atoms. The molecule has 0 saturated carbocycles. The molecule has 0 bridgehead atoms. The van der Waals surface area contributed by atoms with Gasteiger partial charge >= 0.3 is 0 Å². The van der Waals surface area contributed by atoms with Gasteiger partial charge in [-0.2, -0.15) is 0 Å². The van der Waals surface area contributed by atoms with Gasteiger partial charge in [-0.05, 0) is 23.6 Å². The average Bonchev–Trinajstić information content (AvgIpc) is 2.81. The smallest absolute Gasteiger partial charge is 0.130 e. The van der Waals surface area contributed by atoms with Gasteiger partial charge in [0.05, 0.1) is 17.2 Å². The van der Waals surface area contributed by atoms with Crippen molar-refractivity contribution < 1.29 is 4.74 Å². The second kappa shape index (κ2) is 6.18. The van der Waals surface area contributed by atoms with Gasteiger partial charge in [-0.3, -0.25) is 0 Å². The predicted molar refractivity (Wildman–Crippen MR) is 80.9 cm³/mol. The summed E-state index contributed by atoms with van der Waals surface area (Å²) < 4.78 is 5.71. The Morgan fingerprint density at radius 1 is 1.33 bits per heavy atom. The molecular formula is C13H12ClNOS2. The summed E-state index contributed by atoms with van der Waals surface area (Å²) in [5.74, 6) is 0.645. The topological polar surface area (TPSA) is 35.2 Å². The van der Waals surface area contributed by atoms with Crippen LogP contribution in [0.1, 0.15) is 10.4 Å². The lowest BCUT2D eigenvalue weighted by Gasteiger charge is -2.11. The highest BCUT2D eigenvalue weighted by molar-refractivity contribution is 7.80. The maximum Gasteiger partial charge on any atom is 0.130 e. The van der Waals surface area contributed by atoms with Crippen LogP contribution in [0.15, 0.2) is 35.7 Å². The zero-order valence-electron chi connectivity index (χ0n) is 9.56. The van der Waals surface area contributed by atoms with Crippen LogP contribution in [0.4, 0.5) is 0 Å². The first-order valence-electron chi connectivity index (χ1n) is 5.42. The fourth-order valence-electron chi connectivity index (χ4n) is 1.58. The molecule has 0 aliphatic heterocycles. The fourth-order valence-corrected chi connectivity index (χ4v) is 2.80. The Balaban J connectivity index is 2.05. The number of benzene rings is 1. The van der Waals surface area contributed by atoms with E-state index in [2.05, 4.69) is 11.4 Å². The second-order valence-corrected chi connectivity index (χ2v) is 5.53. The number of nitrogens with two attached hydrogens (primary N) is 1. The number of thiophene rings is 1. The average molecular weight is 298 g/mol. The summed E-state index contributed by atoms with van der Waals surface area (Å²) in [6, 6.07) is 9.52. The van der Waals surface area contributed by atoms with Crippen molar-refractivity contribution in [1.82, 2.24) is 0 Å². The SMILES string of the molecule is NC(=S)c1c(Cl)cccc1OCCc1cccs1. The van der Waals surface area contributed by atoms with Crippen LogP contribution in [0.5, 0.6) is 5.75 Å². The van der Waals surface area contributed by atoms with Gasteiger partial charge in [-0.15, -0.1) is 11.3 Å². The highest BCUT2D eigenvalue weighted by Crippen LogP contribution is 2.26. The molecule has 1 aromatic carbocycles. The summed E-state index contributed by atoms with van der Waals surface area (Å²) in [5, 5.41) is 2.57. The van der Waals surface area contributed by atoms with E-state index >= 15 is 0 Å². The largest absolute Gasteiger partial charge is 0.492 e. The Labute approximate surface area is 120 Å². The molecule has 0 atom stereocenters. The third-order valence-corrected chi connectivity index (χ3v) is 3.86. The fraction of sp³-hybridized carbons (Fsp3) is 0.154. The molecule has 2 aromatic rings. The molecule has 0 amide bonds. The molecule has 0 saturated heterocycles. The van der Waals surface area contributed by atoms with Crippen LogP contribution in [0.3, 0.4) is 0 Å². The van der Waals surface area contributed by atoms with Crippen LogP contribution in [-0.2, 0) is 6.42 Å². The van der Waals surface area contributed by atoms with Crippen molar-refractivity contribution in [3.63, 3.8) is 0 Å². The molecule has 1 heterocycles. The third kappa shape index (κ3) is 3.22. The van der Waals surface area contributed by atoms with E-state index in [1.54, 1.807) is 17.4 Å². The number of thiocarbonyl (C=S) groups is 1. The molecule has 0 aliphatic carbocycles. The number of rotatable bonds is 5. The number of hydrogen-bond donors (Lipinski definition) is 1. The summed E-state index contributed by atoms with van der Waals surface area (Å²) in [4.78, 5) is 1.54. The van der Waals surface area contributed by atoms with Gasteiger partial charge in [0.15, 0.2) is 0 Å². The van der Waals surface area contributed by atoms with Crippen molar-refractivity contribution in [2.45, 2.75) is 6.42 Å². The van der Waals surface area contributed by atoms with Gasteiger partial charge in [0.2, 0.25) is 0 Å². The highest BCUT2D eigenvalue weighted by Gasteiger charge is 2.10. The molecule has 94 valence electrons. The molecule has 0 fully saturated rings. The summed E-state index contributed by atoms with van der Waals surface area (Å²) in [6.07, 6.45) is 0.862. The molecule has 0 aliphatic rings. The monoisotopic (exact) mass is 297 g/mol. The van der Waals surface area contributed by atoms with E-state index in [9.17, 15) is 0 Å². The first-order valence-corrected chi connectivity index (χ1v) is 7.08. The number of ether oxygens (including phenoxy) is 1. The molecular weight excluding hydrogens is 286 g/mol. The first-order chi connectivity index (χ1) is 8.68. The summed E-state index contributed by atoms with van der Waals surface area (Å²) in [5.41, 5.74) is 6.26. The van der Waals surface area contributed by atoms with E-state index < -0.39 is 0 Å². The lowest BCUT2D eigenvalue weighted by atomic mass is 10.2. The van der Waals surface area contributed by atoms with E-state index in [1.165, 1.54) is 4.88 Å². The maximum absolute atomic E-state index is 6.06. The Bertz CT molecular complexity index is 540. The predicted octanol–water partition coefficient (Wildman–Crippen LogP) is 3.66. The van der Waals surface area contributed by atoms with E-state index in [-0.39, 0.29) is 4.99 Å². The van der Waals surface area contributed by atoms with Gasteiger partial charge in [-0.25, -0.2) is 0 Å². The van der Waals surface area contributed by atoms with Crippen LogP contribution in [0.2, 0.25) is 5.02 Å². The van der Waals surface area contributed by atoms with Gasteiger partial charge in [0.25, 0.3) is 0 Å². The molecule has 2 rings (SSSR count). The molecule has 2 N–H and O–H groups in total. The highest BCUT2D eigenvalue weighted by atomic mass is 35.5. The van der Waals surface area contributed by atoms with Crippen LogP contribution in [-0.4, -0.2) is 11.6 Å². The minimum absolute atomic E-state index is 0.256. The van der Waals surface area contributed by atoms with E-state index in [4.69, 9.17) is 34.3 Å². The lowest BCUT2D eigenvalue weighted by Crippen LogP contribution is -2.13. The summed E-state index contributed by atoms with van der Waals surface area (Å²) in [6.45, 7) is 0.580. The zero-order valence-corrected chi connectivity index (χ0v) is 11.9. The number of hydrogen-bond acceptors (Lipinski definition) is 3. The summed E-state index contributed by atoms with van der Waals surface area (Å²) >= 11 is 12.8. The number of halogens is 1. The van der Waals surface area contributed by atoms with Gasteiger partial charge in [-0.1, -0.05) is 36.0 Å². The maximum atomic E-state index is 6.06. The third-order valence-electron chi connectivity index (χ3n) is 2.41. The summed E-state index contributed by atoms with van der Waals surface area (Å²) in [7, 11) is 0. The Morgan fingerprint density at radius 3 is 2.83 bits per heavy atom. The molecule has 1 aromatic heterocycles. The molecule has 0 radical (unpaired) electrons. The van der Waals surface area contributed by atoms with E-state index in [0.717, 1.165) is 6.42 Å².